The Bertz CT molecular complexity index is 1340. The number of hydrogen-bond donors (Lipinski definition) is 0. The molecular formula is C33H41NO2. The molecule has 1 aliphatic rings. The summed E-state index contributed by atoms with van der Waals surface area (Å²) < 4.78 is 15.0. The molecule has 3 heteroatoms. The van der Waals surface area contributed by atoms with E-state index in [4.69, 9.17) is 9.47 Å². The summed E-state index contributed by atoms with van der Waals surface area (Å²) in [4.78, 5) is 0. The Labute approximate surface area is 216 Å². The molecular weight excluding hydrogens is 442 g/mol. The number of hydrogen-bond acceptors (Lipinski definition) is 2. The normalized spacial score (nSPS) is 17.1. The molecule has 0 spiro atoms. The van der Waals surface area contributed by atoms with Gasteiger partial charge in [-0.15, -0.1) is 0 Å². The van der Waals surface area contributed by atoms with Crippen molar-refractivity contribution in [2.45, 2.75) is 85.9 Å². The molecule has 1 atom stereocenters. The van der Waals surface area contributed by atoms with Crippen molar-refractivity contribution in [3.63, 3.8) is 0 Å². The summed E-state index contributed by atoms with van der Waals surface area (Å²) in [6, 6.07) is 20.4. The molecule has 0 bridgehead atoms. The second-order valence-electron chi connectivity index (χ2n) is 12.6. The molecule has 0 amide bonds. The zero-order valence-electron chi connectivity index (χ0n) is 23.1. The fourth-order valence-electron chi connectivity index (χ4n) is 6.08. The smallest absolute Gasteiger partial charge is 0.199 e. The second-order valence-corrected chi connectivity index (χ2v) is 12.6. The SMILES string of the molecule is Cc1ccc2c3ccc(C)cc3n(-c3cc(C(C)(C)CC(C)(C)C)ccc3OC3CCCCO3)c2c1. The minimum atomic E-state index is -0.192. The van der Waals surface area contributed by atoms with E-state index in [1.807, 2.05) is 0 Å². The van der Waals surface area contributed by atoms with Gasteiger partial charge in [0.1, 0.15) is 5.75 Å². The van der Waals surface area contributed by atoms with Gasteiger partial charge in [0.05, 0.1) is 23.3 Å². The first-order valence-corrected chi connectivity index (χ1v) is 13.5. The van der Waals surface area contributed by atoms with Crippen LogP contribution in [0.3, 0.4) is 0 Å². The Hall–Kier alpha value is -2.78. The summed E-state index contributed by atoms with van der Waals surface area (Å²) in [5.74, 6) is 0.888. The van der Waals surface area contributed by atoms with E-state index in [9.17, 15) is 0 Å². The Balaban J connectivity index is 1.76. The van der Waals surface area contributed by atoms with Crippen molar-refractivity contribution >= 4 is 21.8 Å². The zero-order chi connectivity index (χ0) is 25.7. The van der Waals surface area contributed by atoms with Crippen molar-refractivity contribution in [3.8, 4) is 11.4 Å². The molecule has 36 heavy (non-hydrogen) atoms. The van der Waals surface area contributed by atoms with Gasteiger partial charge >= 0.3 is 0 Å². The molecule has 0 N–H and O–H groups in total. The zero-order valence-corrected chi connectivity index (χ0v) is 23.1. The first-order chi connectivity index (χ1) is 17.0. The van der Waals surface area contributed by atoms with Crippen LogP contribution in [0.2, 0.25) is 0 Å². The average Bonchev–Trinajstić information content (AvgIpc) is 3.10. The van der Waals surface area contributed by atoms with Crippen LogP contribution in [0.4, 0.5) is 0 Å². The van der Waals surface area contributed by atoms with E-state index in [0.717, 1.165) is 43.7 Å². The summed E-state index contributed by atoms with van der Waals surface area (Å²) in [7, 11) is 0. The highest BCUT2D eigenvalue weighted by Crippen LogP contribution is 2.41. The van der Waals surface area contributed by atoms with Gasteiger partial charge < -0.3 is 14.0 Å². The van der Waals surface area contributed by atoms with E-state index in [0.29, 0.717) is 0 Å². The first-order valence-electron chi connectivity index (χ1n) is 13.5. The molecule has 5 rings (SSSR count). The highest BCUT2D eigenvalue weighted by Gasteiger charge is 2.29. The molecule has 1 fully saturated rings. The van der Waals surface area contributed by atoms with Crippen molar-refractivity contribution < 1.29 is 9.47 Å². The number of aromatic nitrogens is 1. The van der Waals surface area contributed by atoms with Crippen LogP contribution in [-0.4, -0.2) is 17.5 Å². The van der Waals surface area contributed by atoms with E-state index in [2.05, 4.69) is 108 Å². The molecule has 1 aromatic heterocycles. The van der Waals surface area contributed by atoms with E-state index in [-0.39, 0.29) is 17.1 Å². The van der Waals surface area contributed by atoms with Gasteiger partial charge in [0.2, 0.25) is 0 Å². The van der Waals surface area contributed by atoms with E-state index in [1.165, 1.54) is 38.5 Å². The van der Waals surface area contributed by atoms with Gasteiger partial charge in [-0.05, 0) is 84.9 Å². The molecule has 1 aliphatic heterocycles. The van der Waals surface area contributed by atoms with Gasteiger partial charge in [-0.25, -0.2) is 0 Å². The molecule has 0 aliphatic carbocycles. The van der Waals surface area contributed by atoms with Crippen molar-refractivity contribution in [2.75, 3.05) is 6.61 Å². The maximum Gasteiger partial charge on any atom is 0.199 e. The fourth-order valence-corrected chi connectivity index (χ4v) is 6.08. The highest BCUT2D eigenvalue weighted by molar-refractivity contribution is 6.09. The molecule has 1 saturated heterocycles. The molecule has 1 unspecified atom stereocenters. The predicted octanol–water partition coefficient (Wildman–Crippen LogP) is 9.02. The molecule has 190 valence electrons. The van der Waals surface area contributed by atoms with Crippen molar-refractivity contribution in [1.82, 2.24) is 4.57 Å². The Morgan fingerprint density at radius 2 is 1.47 bits per heavy atom. The van der Waals surface area contributed by atoms with Crippen LogP contribution in [0.15, 0.2) is 54.6 Å². The van der Waals surface area contributed by atoms with Gasteiger partial charge in [-0.2, -0.15) is 0 Å². The summed E-state index contributed by atoms with van der Waals surface area (Å²) in [5.41, 5.74) is 7.63. The summed E-state index contributed by atoms with van der Waals surface area (Å²) >= 11 is 0. The van der Waals surface area contributed by atoms with Crippen molar-refractivity contribution in [2.24, 2.45) is 5.41 Å². The molecule has 0 saturated carbocycles. The lowest BCUT2D eigenvalue weighted by Crippen LogP contribution is -2.26. The Kier molecular flexibility index (Phi) is 6.41. The van der Waals surface area contributed by atoms with Crippen molar-refractivity contribution in [3.05, 3.63) is 71.3 Å². The quantitative estimate of drug-likeness (QED) is 0.283. The van der Waals surface area contributed by atoms with Crippen LogP contribution in [0.25, 0.3) is 27.5 Å². The van der Waals surface area contributed by atoms with Crippen LogP contribution in [0, 0.1) is 19.3 Å². The monoisotopic (exact) mass is 483 g/mol. The Morgan fingerprint density at radius 3 is 2.03 bits per heavy atom. The summed E-state index contributed by atoms with van der Waals surface area (Å²) in [5, 5.41) is 2.55. The van der Waals surface area contributed by atoms with E-state index in [1.54, 1.807) is 0 Å². The predicted molar refractivity (Wildman–Crippen MR) is 152 cm³/mol. The first kappa shape index (κ1) is 24.9. The lowest BCUT2D eigenvalue weighted by molar-refractivity contribution is -0.105. The number of benzene rings is 3. The lowest BCUT2D eigenvalue weighted by Gasteiger charge is -2.34. The van der Waals surface area contributed by atoms with Crippen LogP contribution >= 0.6 is 0 Å². The van der Waals surface area contributed by atoms with Crippen LogP contribution in [-0.2, 0) is 10.2 Å². The number of rotatable bonds is 5. The van der Waals surface area contributed by atoms with Gasteiger partial charge in [-0.1, -0.05) is 65.0 Å². The average molecular weight is 484 g/mol. The maximum absolute atomic E-state index is 6.59. The number of nitrogens with zero attached hydrogens (tertiary/aromatic N) is 1. The number of aryl methyl sites for hydroxylation is 2. The third-order valence-electron chi connectivity index (χ3n) is 7.43. The van der Waals surface area contributed by atoms with Gasteiger partial charge in [0, 0.05) is 17.2 Å². The third-order valence-corrected chi connectivity index (χ3v) is 7.43. The number of fused-ring (bicyclic) bond motifs is 3. The fraction of sp³-hybridized carbons (Fsp3) is 0.455. The molecule has 3 nitrogen and oxygen atoms in total. The van der Waals surface area contributed by atoms with Gasteiger partial charge in [0.15, 0.2) is 6.29 Å². The third kappa shape index (κ3) is 4.91. The maximum atomic E-state index is 6.59. The lowest BCUT2D eigenvalue weighted by atomic mass is 9.72. The minimum Gasteiger partial charge on any atom is -0.463 e. The van der Waals surface area contributed by atoms with Gasteiger partial charge in [0.25, 0.3) is 0 Å². The van der Waals surface area contributed by atoms with E-state index < -0.39 is 0 Å². The summed E-state index contributed by atoms with van der Waals surface area (Å²) in [6.07, 6.45) is 4.09. The minimum absolute atomic E-state index is 0.0253. The topological polar surface area (TPSA) is 23.4 Å². The number of ether oxygens (including phenoxy) is 2. The molecule has 4 aromatic rings. The standard InChI is InChI=1S/C33H41NO2/c1-22-11-14-25-26-15-12-23(2)19-28(26)34(27(25)18-22)29-20-24(33(6,7)21-32(3,4)5)13-16-30(29)36-31-10-8-9-17-35-31/h11-16,18-20,31H,8-10,17,21H2,1-7H3. The highest BCUT2D eigenvalue weighted by atomic mass is 16.7. The van der Waals surface area contributed by atoms with E-state index >= 15 is 0 Å². The Morgan fingerprint density at radius 1 is 0.833 bits per heavy atom. The molecule has 3 aromatic carbocycles. The van der Waals surface area contributed by atoms with Crippen LogP contribution in [0.5, 0.6) is 5.75 Å². The second kappa shape index (κ2) is 9.27. The van der Waals surface area contributed by atoms with Crippen LogP contribution < -0.4 is 4.74 Å². The van der Waals surface area contributed by atoms with Gasteiger partial charge in [-0.3, -0.25) is 0 Å². The van der Waals surface area contributed by atoms with Crippen LogP contribution in [0.1, 0.15) is 77.0 Å². The van der Waals surface area contributed by atoms with Crippen molar-refractivity contribution in [1.29, 1.82) is 0 Å². The molecule has 0 radical (unpaired) electrons. The largest absolute Gasteiger partial charge is 0.463 e. The molecule has 2 heterocycles. The summed E-state index contributed by atoms with van der Waals surface area (Å²) in [6.45, 7) is 16.8.